The number of aliphatic hydroxyl groups excluding tert-OH is 1. The van der Waals surface area contributed by atoms with E-state index < -0.39 is 0 Å². The smallest absolute Gasteiger partial charge is 0.207 e. The molecule has 1 amide bonds. The van der Waals surface area contributed by atoms with E-state index in [-0.39, 0.29) is 6.61 Å². The predicted molar refractivity (Wildman–Crippen MR) is 61.9 cm³/mol. The molecule has 0 aliphatic heterocycles. The fraction of sp³-hybridized carbons (Fsp3) is 0.250. The third-order valence-electron chi connectivity index (χ3n) is 2.60. The zero-order valence-corrected chi connectivity index (χ0v) is 8.89. The highest BCUT2D eigenvalue weighted by molar-refractivity contribution is 5.80. The maximum Gasteiger partial charge on any atom is 0.207 e. The van der Waals surface area contributed by atoms with Crippen molar-refractivity contribution < 1.29 is 9.90 Å². The van der Waals surface area contributed by atoms with Crippen LogP contribution in [0.5, 0.6) is 0 Å². The van der Waals surface area contributed by atoms with Crippen molar-refractivity contribution in [3.05, 3.63) is 36.0 Å². The molecule has 4 heteroatoms. The first-order valence-electron chi connectivity index (χ1n) is 5.21. The number of aliphatic hydroxyl groups is 1. The maximum absolute atomic E-state index is 10.1. The molecule has 0 saturated heterocycles. The average Bonchev–Trinajstić information content (AvgIpc) is 2.72. The summed E-state index contributed by atoms with van der Waals surface area (Å²) in [4.78, 5) is 10.1. The van der Waals surface area contributed by atoms with Crippen molar-refractivity contribution in [2.24, 2.45) is 0 Å². The van der Waals surface area contributed by atoms with E-state index in [4.69, 9.17) is 5.11 Å². The molecule has 0 radical (unpaired) electrons. The standard InChI is InChI=1S/C12H14N2O2/c15-8-10-1-2-12-11(7-10)3-5-14(12)6-4-13-9-16/h1-3,5,7,9,15H,4,6,8H2,(H,13,16). The van der Waals surface area contributed by atoms with Crippen LogP contribution in [0.15, 0.2) is 30.5 Å². The van der Waals surface area contributed by atoms with Crippen molar-refractivity contribution in [2.45, 2.75) is 13.2 Å². The number of hydrogen-bond acceptors (Lipinski definition) is 2. The van der Waals surface area contributed by atoms with Crippen molar-refractivity contribution in [2.75, 3.05) is 6.54 Å². The summed E-state index contributed by atoms with van der Waals surface area (Å²) in [5, 5.41) is 12.8. The monoisotopic (exact) mass is 218 g/mol. The van der Waals surface area contributed by atoms with Crippen LogP contribution in [0, 0.1) is 0 Å². The minimum Gasteiger partial charge on any atom is -0.392 e. The molecule has 0 aliphatic rings. The van der Waals surface area contributed by atoms with Gasteiger partial charge in [-0.15, -0.1) is 0 Å². The molecule has 0 bridgehead atoms. The van der Waals surface area contributed by atoms with Gasteiger partial charge in [0.25, 0.3) is 0 Å². The molecular weight excluding hydrogens is 204 g/mol. The lowest BCUT2D eigenvalue weighted by molar-refractivity contribution is -0.109. The number of hydrogen-bond donors (Lipinski definition) is 2. The SMILES string of the molecule is O=CNCCn1ccc2cc(CO)ccc21. The van der Waals surface area contributed by atoms with Gasteiger partial charge < -0.3 is 15.0 Å². The molecule has 0 aliphatic carbocycles. The van der Waals surface area contributed by atoms with Gasteiger partial charge in [0.15, 0.2) is 0 Å². The molecule has 1 aromatic heterocycles. The fourth-order valence-corrected chi connectivity index (χ4v) is 1.79. The third kappa shape index (κ3) is 2.06. The summed E-state index contributed by atoms with van der Waals surface area (Å²) in [5.74, 6) is 0. The molecule has 2 N–H and O–H groups in total. The van der Waals surface area contributed by atoms with Crippen LogP contribution in [0.4, 0.5) is 0 Å². The van der Waals surface area contributed by atoms with E-state index in [1.807, 2.05) is 30.5 Å². The van der Waals surface area contributed by atoms with Gasteiger partial charge in [0.2, 0.25) is 6.41 Å². The quantitative estimate of drug-likeness (QED) is 0.578. The summed E-state index contributed by atoms with van der Waals surface area (Å²) < 4.78 is 2.08. The van der Waals surface area contributed by atoms with Gasteiger partial charge in [-0.1, -0.05) is 6.07 Å². The van der Waals surface area contributed by atoms with Crippen molar-refractivity contribution in [3.63, 3.8) is 0 Å². The molecule has 2 rings (SSSR count). The van der Waals surface area contributed by atoms with Crippen molar-refractivity contribution >= 4 is 17.3 Å². The minimum absolute atomic E-state index is 0.0633. The number of nitrogens with zero attached hydrogens (tertiary/aromatic N) is 1. The summed E-state index contributed by atoms with van der Waals surface area (Å²) in [7, 11) is 0. The third-order valence-corrected chi connectivity index (χ3v) is 2.60. The zero-order valence-electron chi connectivity index (χ0n) is 8.89. The molecule has 0 atom stereocenters. The van der Waals surface area contributed by atoms with Crippen LogP contribution in [0.3, 0.4) is 0 Å². The fourth-order valence-electron chi connectivity index (χ4n) is 1.79. The van der Waals surface area contributed by atoms with Gasteiger partial charge in [0.1, 0.15) is 0 Å². The summed E-state index contributed by atoms with van der Waals surface area (Å²) >= 11 is 0. The van der Waals surface area contributed by atoms with Crippen LogP contribution in [-0.4, -0.2) is 22.6 Å². The Morgan fingerprint density at radius 1 is 1.38 bits per heavy atom. The largest absolute Gasteiger partial charge is 0.392 e. The topological polar surface area (TPSA) is 54.3 Å². The highest BCUT2D eigenvalue weighted by Crippen LogP contribution is 2.17. The van der Waals surface area contributed by atoms with E-state index in [9.17, 15) is 4.79 Å². The van der Waals surface area contributed by atoms with Gasteiger partial charge in [0, 0.05) is 24.8 Å². The zero-order chi connectivity index (χ0) is 11.4. The minimum atomic E-state index is 0.0633. The number of aromatic nitrogens is 1. The Hall–Kier alpha value is -1.81. The molecule has 84 valence electrons. The summed E-state index contributed by atoms with van der Waals surface area (Å²) in [6.07, 6.45) is 2.69. The van der Waals surface area contributed by atoms with Crippen LogP contribution in [0.1, 0.15) is 5.56 Å². The molecule has 16 heavy (non-hydrogen) atoms. The lowest BCUT2D eigenvalue weighted by atomic mass is 10.2. The van der Waals surface area contributed by atoms with E-state index in [2.05, 4.69) is 9.88 Å². The summed E-state index contributed by atoms with van der Waals surface area (Å²) in [5.41, 5.74) is 2.03. The van der Waals surface area contributed by atoms with E-state index in [1.54, 1.807) is 0 Å². The summed E-state index contributed by atoms with van der Waals surface area (Å²) in [6, 6.07) is 7.88. The Balaban J connectivity index is 2.23. The van der Waals surface area contributed by atoms with Gasteiger partial charge in [-0.05, 0) is 29.1 Å². The van der Waals surface area contributed by atoms with Crippen LogP contribution in [0.25, 0.3) is 10.9 Å². The second kappa shape index (κ2) is 4.81. The molecule has 0 fully saturated rings. The van der Waals surface area contributed by atoms with Crippen molar-refractivity contribution in [1.29, 1.82) is 0 Å². The van der Waals surface area contributed by atoms with Gasteiger partial charge >= 0.3 is 0 Å². The number of benzene rings is 1. The highest BCUT2D eigenvalue weighted by Gasteiger charge is 2.01. The highest BCUT2D eigenvalue weighted by atomic mass is 16.3. The molecule has 2 aromatic rings. The summed E-state index contributed by atoms with van der Waals surface area (Å²) in [6.45, 7) is 1.43. The predicted octanol–water partition coefficient (Wildman–Crippen LogP) is 0.880. The maximum atomic E-state index is 10.1. The number of carbonyl (C=O) groups excluding carboxylic acids is 1. The van der Waals surface area contributed by atoms with E-state index in [0.717, 1.165) is 23.0 Å². The van der Waals surface area contributed by atoms with Crippen LogP contribution in [-0.2, 0) is 17.9 Å². The molecule has 4 nitrogen and oxygen atoms in total. The first-order valence-corrected chi connectivity index (χ1v) is 5.21. The first kappa shape index (κ1) is 10.7. The Bertz CT molecular complexity index is 491. The molecule has 0 saturated carbocycles. The number of nitrogens with one attached hydrogen (secondary N) is 1. The Labute approximate surface area is 93.5 Å². The van der Waals surface area contributed by atoms with Crippen LogP contribution < -0.4 is 5.32 Å². The number of amides is 1. The molecule has 1 aromatic carbocycles. The van der Waals surface area contributed by atoms with Crippen molar-refractivity contribution in [3.8, 4) is 0 Å². The number of fused-ring (bicyclic) bond motifs is 1. The molecule has 0 unspecified atom stereocenters. The van der Waals surface area contributed by atoms with Crippen LogP contribution in [0.2, 0.25) is 0 Å². The molecule has 0 spiro atoms. The number of rotatable bonds is 5. The second-order valence-electron chi connectivity index (χ2n) is 3.63. The van der Waals surface area contributed by atoms with Gasteiger partial charge in [-0.25, -0.2) is 0 Å². The van der Waals surface area contributed by atoms with Gasteiger partial charge in [0.05, 0.1) is 6.61 Å². The average molecular weight is 218 g/mol. The second-order valence-corrected chi connectivity index (χ2v) is 3.63. The van der Waals surface area contributed by atoms with E-state index in [1.165, 1.54) is 0 Å². The molecular formula is C12H14N2O2. The Morgan fingerprint density at radius 2 is 2.25 bits per heavy atom. The Morgan fingerprint density at radius 3 is 3.00 bits per heavy atom. The van der Waals surface area contributed by atoms with Gasteiger partial charge in [-0.2, -0.15) is 0 Å². The number of carbonyl (C=O) groups is 1. The molecule has 1 heterocycles. The Kier molecular flexibility index (Phi) is 3.22. The van der Waals surface area contributed by atoms with Crippen LogP contribution >= 0.6 is 0 Å². The van der Waals surface area contributed by atoms with E-state index >= 15 is 0 Å². The van der Waals surface area contributed by atoms with Crippen molar-refractivity contribution in [1.82, 2.24) is 9.88 Å². The lowest BCUT2D eigenvalue weighted by Gasteiger charge is -2.05. The van der Waals surface area contributed by atoms with E-state index in [0.29, 0.717) is 13.0 Å². The normalized spacial score (nSPS) is 10.6. The lowest BCUT2D eigenvalue weighted by Crippen LogP contribution is -2.17. The first-order chi connectivity index (χ1) is 7.85. The van der Waals surface area contributed by atoms with Gasteiger partial charge in [-0.3, -0.25) is 4.79 Å².